The monoisotopic (exact) mass is 401 g/mol. The van der Waals surface area contributed by atoms with Gasteiger partial charge in [0.05, 0.1) is 10.6 Å². The number of hydrogen-bond donors (Lipinski definition) is 3. The van der Waals surface area contributed by atoms with Crippen molar-refractivity contribution in [3.63, 3.8) is 0 Å². The Hall–Kier alpha value is -3.26. The number of thiophene rings is 1. The highest BCUT2D eigenvalue weighted by atomic mass is 32.1. The van der Waals surface area contributed by atoms with Crippen molar-refractivity contribution in [3.8, 4) is 0 Å². The molecule has 2 amide bonds. The molecule has 3 rings (SSSR count). The molecule has 0 saturated carbocycles. The molecule has 0 bridgehead atoms. The normalized spacial score (nSPS) is 11.5. The molecule has 5 nitrogen and oxygen atoms in total. The smallest absolute Gasteiger partial charge is 0.265 e. The van der Waals surface area contributed by atoms with Gasteiger partial charge in [-0.05, 0) is 54.8 Å². The highest BCUT2D eigenvalue weighted by Gasteiger charge is 2.15. The summed E-state index contributed by atoms with van der Waals surface area (Å²) in [4.78, 5) is 24.8. The van der Waals surface area contributed by atoms with E-state index < -0.39 is 23.6 Å². The summed E-state index contributed by atoms with van der Waals surface area (Å²) >= 11 is 1.35. The molecule has 1 aromatic heterocycles. The van der Waals surface area contributed by atoms with Gasteiger partial charge in [-0.1, -0.05) is 6.07 Å². The molecule has 3 aromatic rings. The Morgan fingerprint density at radius 1 is 0.964 bits per heavy atom. The molecule has 0 saturated heterocycles. The van der Waals surface area contributed by atoms with Gasteiger partial charge < -0.3 is 16.0 Å². The van der Waals surface area contributed by atoms with Gasteiger partial charge in [0.15, 0.2) is 0 Å². The lowest BCUT2D eigenvalue weighted by atomic mass is 10.2. The number of halogens is 2. The maximum Gasteiger partial charge on any atom is 0.265 e. The first-order valence-corrected chi connectivity index (χ1v) is 9.28. The summed E-state index contributed by atoms with van der Waals surface area (Å²) in [5, 5.41) is 9.92. The number of carbonyl (C=O) groups excluding carboxylic acids is 2. The highest BCUT2D eigenvalue weighted by molar-refractivity contribution is 7.12. The zero-order valence-corrected chi connectivity index (χ0v) is 15.6. The van der Waals surface area contributed by atoms with Crippen LogP contribution in [0.25, 0.3) is 0 Å². The van der Waals surface area contributed by atoms with E-state index in [2.05, 4.69) is 16.0 Å². The first kappa shape index (κ1) is 19.5. The van der Waals surface area contributed by atoms with Crippen LogP contribution in [0.15, 0.2) is 60.0 Å². The van der Waals surface area contributed by atoms with Gasteiger partial charge >= 0.3 is 0 Å². The molecule has 3 N–H and O–H groups in total. The van der Waals surface area contributed by atoms with E-state index in [0.29, 0.717) is 16.3 Å². The van der Waals surface area contributed by atoms with E-state index in [4.69, 9.17) is 0 Å². The van der Waals surface area contributed by atoms with E-state index >= 15 is 0 Å². The number of rotatable bonds is 6. The van der Waals surface area contributed by atoms with E-state index in [-0.39, 0.29) is 11.6 Å². The van der Waals surface area contributed by atoms with Crippen LogP contribution in [0.2, 0.25) is 0 Å². The molecule has 0 aliphatic carbocycles. The van der Waals surface area contributed by atoms with Gasteiger partial charge in [-0.15, -0.1) is 11.3 Å². The molecule has 8 heteroatoms. The van der Waals surface area contributed by atoms with Crippen molar-refractivity contribution in [2.45, 2.75) is 13.0 Å². The molecule has 0 radical (unpaired) electrons. The minimum atomic E-state index is -0.715. The van der Waals surface area contributed by atoms with Crippen molar-refractivity contribution in [3.05, 3.63) is 76.5 Å². The molecule has 0 aliphatic rings. The van der Waals surface area contributed by atoms with Crippen molar-refractivity contribution < 1.29 is 18.4 Å². The molecule has 0 fully saturated rings. The number of hydrogen-bond acceptors (Lipinski definition) is 4. The van der Waals surface area contributed by atoms with Crippen LogP contribution in [0.1, 0.15) is 16.6 Å². The average molecular weight is 401 g/mol. The minimum Gasteiger partial charge on any atom is -0.374 e. The van der Waals surface area contributed by atoms with E-state index in [9.17, 15) is 18.4 Å². The zero-order valence-electron chi connectivity index (χ0n) is 14.8. The summed E-state index contributed by atoms with van der Waals surface area (Å²) in [5.41, 5.74) is 1.03. The van der Waals surface area contributed by atoms with Gasteiger partial charge in [0.2, 0.25) is 5.91 Å². The van der Waals surface area contributed by atoms with Gasteiger partial charge in [-0.2, -0.15) is 0 Å². The highest BCUT2D eigenvalue weighted by Crippen LogP contribution is 2.18. The lowest BCUT2D eigenvalue weighted by Gasteiger charge is -2.16. The third kappa shape index (κ3) is 4.92. The molecule has 1 heterocycles. The Labute approximate surface area is 164 Å². The van der Waals surface area contributed by atoms with Crippen molar-refractivity contribution in [2.75, 3.05) is 16.0 Å². The number of anilines is 3. The summed E-state index contributed by atoms with van der Waals surface area (Å²) in [7, 11) is 0. The Morgan fingerprint density at radius 3 is 2.36 bits per heavy atom. The Balaban J connectivity index is 1.57. The molecule has 28 heavy (non-hydrogen) atoms. The van der Waals surface area contributed by atoms with Crippen molar-refractivity contribution in [2.24, 2.45) is 0 Å². The first-order valence-electron chi connectivity index (χ1n) is 8.40. The maximum atomic E-state index is 13.6. The second-order valence-corrected chi connectivity index (χ2v) is 6.94. The summed E-state index contributed by atoms with van der Waals surface area (Å²) < 4.78 is 26.8. The van der Waals surface area contributed by atoms with Crippen LogP contribution in [0.4, 0.5) is 25.8 Å². The van der Waals surface area contributed by atoms with E-state index in [0.717, 1.165) is 18.2 Å². The molecule has 1 atom stereocenters. The summed E-state index contributed by atoms with van der Waals surface area (Å²) in [6.45, 7) is 1.60. The third-order valence-electron chi connectivity index (χ3n) is 3.85. The molecular weight excluding hydrogens is 384 g/mol. The van der Waals surface area contributed by atoms with Crippen LogP contribution in [0.3, 0.4) is 0 Å². The van der Waals surface area contributed by atoms with E-state index in [1.54, 1.807) is 43.3 Å². The quantitative estimate of drug-likeness (QED) is 0.560. The second kappa shape index (κ2) is 8.62. The zero-order chi connectivity index (χ0) is 20.1. The molecule has 0 aliphatic heterocycles. The second-order valence-electron chi connectivity index (χ2n) is 5.99. The minimum absolute atomic E-state index is 0.194. The first-order chi connectivity index (χ1) is 13.4. The number of carbonyl (C=O) groups is 2. The van der Waals surface area contributed by atoms with Crippen molar-refractivity contribution in [1.82, 2.24) is 0 Å². The molecular formula is C20H17F2N3O2S. The van der Waals surface area contributed by atoms with Crippen molar-refractivity contribution >= 4 is 40.2 Å². The van der Waals surface area contributed by atoms with Crippen molar-refractivity contribution in [1.29, 1.82) is 0 Å². The van der Waals surface area contributed by atoms with Crippen LogP contribution >= 0.6 is 11.3 Å². The fourth-order valence-electron chi connectivity index (χ4n) is 2.40. The summed E-state index contributed by atoms with van der Waals surface area (Å²) in [6, 6.07) is 12.5. The standard InChI is InChI=1S/C20H17F2N3O2S/c1-12(19(26)25-17-11-13(21)4-9-16(17)22)23-14-5-7-15(8-6-14)24-20(27)18-3-2-10-28-18/h2-12,23H,1H3,(H,24,27)(H,25,26). The molecule has 2 aromatic carbocycles. The van der Waals surface area contributed by atoms with E-state index in [1.807, 2.05) is 5.38 Å². The Morgan fingerprint density at radius 2 is 1.68 bits per heavy atom. The fourth-order valence-corrected chi connectivity index (χ4v) is 3.02. The summed E-state index contributed by atoms with van der Waals surface area (Å²) in [5.74, 6) is -2.06. The molecule has 1 unspecified atom stereocenters. The van der Waals surface area contributed by atoms with Gasteiger partial charge in [0, 0.05) is 17.4 Å². The predicted molar refractivity (Wildman–Crippen MR) is 107 cm³/mol. The van der Waals surface area contributed by atoms with Crippen LogP contribution in [-0.4, -0.2) is 17.9 Å². The van der Waals surface area contributed by atoms with Crippen LogP contribution in [0, 0.1) is 11.6 Å². The van der Waals surface area contributed by atoms with Gasteiger partial charge in [0.1, 0.15) is 17.7 Å². The predicted octanol–water partition coefficient (Wildman–Crippen LogP) is 4.72. The molecule has 144 valence electrons. The van der Waals surface area contributed by atoms with Crippen LogP contribution < -0.4 is 16.0 Å². The number of amides is 2. The number of nitrogens with one attached hydrogen (secondary N) is 3. The largest absolute Gasteiger partial charge is 0.374 e. The lowest BCUT2D eigenvalue weighted by molar-refractivity contribution is -0.116. The third-order valence-corrected chi connectivity index (χ3v) is 4.72. The lowest BCUT2D eigenvalue weighted by Crippen LogP contribution is -2.32. The molecule has 0 spiro atoms. The Kier molecular flexibility index (Phi) is 6.00. The van der Waals surface area contributed by atoms with E-state index in [1.165, 1.54) is 11.3 Å². The van der Waals surface area contributed by atoms with Gasteiger partial charge in [-0.3, -0.25) is 9.59 Å². The van der Waals surface area contributed by atoms with Crippen LogP contribution in [-0.2, 0) is 4.79 Å². The fraction of sp³-hybridized carbons (Fsp3) is 0.100. The van der Waals surface area contributed by atoms with Gasteiger partial charge in [-0.25, -0.2) is 8.78 Å². The SMILES string of the molecule is CC(Nc1ccc(NC(=O)c2cccs2)cc1)C(=O)Nc1cc(F)ccc1F. The van der Waals surface area contributed by atoms with Gasteiger partial charge in [0.25, 0.3) is 5.91 Å². The topological polar surface area (TPSA) is 70.2 Å². The summed E-state index contributed by atoms with van der Waals surface area (Å²) in [6.07, 6.45) is 0. The average Bonchev–Trinajstić information content (AvgIpc) is 3.21. The maximum absolute atomic E-state index is 13.6. The number of benzene rings is 2. The van der Waals surface area contributed by atoms with Crippen LogP contribution in [0.5, 0.6) is 0 Å². The Bertz CT molecular complexity index is 976.